The molecule has 1 fully saturated rings. The number of rotatable bonds is 2. The van der Waals surface area contributed by atoms with Crippen LogP contribution in [0.2, 0.25) is 10.0 Å². The predicted molar refractivity (Wildman–Crippen MR) is 91.0 cm³/mol. The zero-order valence-electron chi connectivity index (χ0n) is 13.1. The summed E-state index contributed by atoms with van der Waals surface area (Å²) in [6.07, 6.45) is 0. The molecule has 2 aliphatic rings. The summed E-state index contributed by atoms with van der Waals surface area (Å²) in [5, 5.41) is 6.25. The zero-order valence-corrected chi connectivity index (χ0v) is 14.6. The van der Waals surface area contributed by atoms with Crippen molar-refractivity contribution in [3.8, 4) is 0 Å². The van der Waals surface area contributed by atoms with Crippen LogP contribution in [0.25, 0.3) is 0 Å². The Morgan fingerprint density at radius 3 is 2.62 bits per heavy atom. The summed E-state index contributed by atoms with van der Waals surface area (Å²) < 4.78 is 5.29. The van der Waals surface area contributed by atoms with Crippen molar-refractivity contribution in [1.29, 1.82) is 0 Å². The lowest BCUT2D eigenvalue weighted by molar-refractivity contribution is -0.131. The van der Waals surface area contributed by atoms with E-state index in [1.807, 2.05) is 0 Å². The van der Waals surface area contributed by atoms with Gasteiger partial charge in [0.05, 0.1) is 34.9 Å². The topological polar surface area (TPSA) is 70.7 Å². The molecule has 0 saturated carbocycles. The van der Waals surface area contributed by atoms with E-state index in [4.69, 9.17) is 27.9 Å². The Kier molecular flexibility index (Phi) is 4.99. The van der Waals surface area contributed by atoms with Gasteiger partial charge >= 0.3 is 6.03 Å². The van der Waals surface area contributed by atoms with Crippen molar-refractivity contribution in [3.63, 3.8) is 0 Å². The summed E-state index contributed by atoms with van der Waals surface area (Å²) in [7, 11) is 0. The van der Waals surface area contributed by atoms with Crippen LogP contribution in [0.15, 0.2) is 29.5 Å². The van der Waals surface area contributed by atoms with Crippen molar-refractivity contribution in [2.75, 3.05) is 26.3 Å². The number of carbonyl (C=O) groups is 2. The summed E-state index contributed by atoms with van der Waals surface area (Å²) in [5.41, 5.74) is 1.73. The second kappa shape index (κ2) is 7.01. The van der Waals surface area contributed by atoms with Crippen molar-refractivity contribution in [3.05, 3.63) is 45.1 Å². The fourth-order valence-electron chi connectivity index (χ4n) is 2.86. The lowest BCUT2D eigenvalue weighted by Gasteiger charge is -2.34. The fourth-order valence-corrected chi connectivity index (χ4v) is 3.16. The summed E-state index contributed by atoms with van der Waals surface area (Å²) >= 11 is 12.1. The lowest BCUT2D eigenvalue weighted by Crippen LogP contribution is -2.49. The van der Waals surface area contributed by atoms with Crippen LogP contribution in [-0.4, -0.2) is 43.1 Å². The summed E-state index contributed by atoms with van der Waals surface area (Å²) in [5.74, 6) is -0.126. The van der Waals surface area contributed by atoms with Crippen LogP contribution in [0.1, 0.15) is 18.5 Å². The minimum atomic E-state index is -0.580. The number of urea groups is 1. The maximum atomic E-state index is 13.0. The largest absolute Gasteiger partial charge is 0.378 e. The molecule has 1 saturated heterocycles. The van der Waals surface area contributed by atoms with Gasteiger partial charge in [-0.15, -0.1) is 0 Å². The van der Waals surface area contributed by atoms with Gasteiger partial charge in [0, 0.05) is 18.8 Å². The number of benzene rings is 1. The van der Waals surface area contributed by atoms with E-state index in [9.17, 15) is 9.59 Å². The maximum absolute atomic E-state index is 13.0. The molecular formula is C16H17Cl2N3O3. The molecule has 3 rings (SSSR count). The second-order valence-electron chi connectivity index (χ2n) is 5.65. The normalized spacial score (nSPS) is 21.4. The summed E-state index contributed by atoms with van der Waals surface area (Å²) in [6.45, 7) is 3.79. The molecule has 24 heavy (non-hydrogen) atoms. The Bertz CT molecular complexity index is 715. The number of nitrogens with zero attached hydrogens (tertiary/aromatic N) is 1. The SMILES string of the molecule is CC1=C(C(=O)N2CCOCC2)C(c2ccc(Cl)c(Cl)c2)NC(=O)N1. The van der Waals surface area contributed by atoms with Crippen molar-refractivity contribution >= 4 is 35.1 Å². The molecule has 2 aliphatic heterocycles. The van der Waals surface area contributed by atoms with Crippen LogP contribution < -0.4 is 10.6 Å². The van der Waals surface area contributed by atoms with Crippen LogP contribution in [0.3, 0.4) is 0 Å². The third kappa shape index (κ3) is 3.36. The third-order valence-electron chi connectivity index (χ3n) is 4.07. The molecule has 1 aromatic rings. The number of amides is 3. The first-order valence-electron chi connectivity index (χ1n) is 7.57. The number of hydrogen-bond donors (Lipinski definition) is 2. The molecule has 0 aliphatic carbocycles. The average molecular weight is 370 g/mol. The van der Waals surface area contributed by atoms with Crippen molar-refractivity contribution in [2.45, 2.75) is 13.0 Å². The Morgan fingerprint density at radius 2 is 1.96 bits per heavy atom. The first kappa shape index (κ1) is 17.1. The van der Waals surface area contributed by atoms with Gasteiger partial charge in [0.15, 0.2) is 0 Å². The smallest absolute Gasteiger partial charge is 0.319 e. The number of ether oxygens (including phenoxy) is 1. The van der Waals surface area contributed by atoms with E-state index in [0.29, 0.717) is 53.2 Å². The first-order valence-corrected chi connectivity index (χ1v) is 8.33. The lowest BCUT2D eigenvalue weighted by atomic mass is 9.94. The number of morpholine rings is 1. The van der Waals surface area contributed by atoms with Crippen LogP contribution >= 0.6 is 23.2 Å². The highest BCUT2D eigenvalue weighted by Crippen LogP contribution is 2.32. The van der Waals surface area contributed by atoms with E-state index in [2.05, 4.69) is 10.6 Å². The monoisotopic (exact) mass is 369 g/mol. The van der Waals surface area contributed by atoms with E-state index in [-0.39, 0.29) is 11.9 Å². The van der Waals surface area contributed by atoms with Gasteiger partial charge in [-0.3, -0.25) is 4.79 Å². The van der Waals surface area contributed by atoms with Gasteiger partial charge in [-0.1, -0.05) is 29.3 Å². The number of halogens is 2. The average Bonchev–Trinajstić information content (AvgIpc) is 2.57. The summed E-state index contributed by atoms with van der Waals surface area (Å²) in [4.78, 5) is 26.6. The number of carbonyl (C=O) groups excluding carboxylic acids is 2. The van der Waals surface area contributed by atoms with E-state index in [0.717, 1.165) is 0 Å². The molecule has 0 bridgehead atoms. The van der Waals surface area contributed by atoms with E-state index in [1.165, 1.54) is 0 Å². The molecule has 3 amide bonds. The van der Waals surface area contributed by atoms with Crippen molar-refractivity contribution < 1.29 is 14.3 Å². The van der Waals surface area contributed by atoms with Gasteiger partial charge in [0.2, 0.25) is 0 Å². The van der Waals surface area contributed by atoms with E-state index < -0.39 is 6.04 Å². The van der Waals surface area contributed by atoms with Crippen LogP contribution in [0, 0.1) is 0 Å². The molecule has 2 N–H and O–H groups in total. The third-order valence-corrected chi connectivity index (χ3v) is 4.81. The molecule has 1 unspecified atom stereocenters. The minimum absolute atomic E-state index is 0.126. The zero-order chi connectivity index (χ0) is 17.3. The minimum Gasteiger partial charge on any atom is -0.378 e. The summed E-state index contributed by atoms with van der Waals surface area (Å²) in [6, 6.07) is 4.13. The molecule has 0 spiro atoms. The maximum Gasteiger partial charge on any atom is 0.319 e. The molecule has 0 aromatic heterocycles. The highest BCUT2D eigenvalue weighted by Gasteiger charge is 2.34. The number of hydrogen-bond acceptors (Lipinski definition) is 3. The quantitative estimate of drug-likeness (QED) is 0.840. The molecule has 6 nitrogen and oxygen atoms in total. The van der Waals surface area contributed by atoms with Gasteiger partial charge in [0.1, 0.15) is 0 Å². The Balaban J connectivity index is 1.98. The van der Waals surface area contributed by atoms with Crippen LogP contribution in [0.4, 0.5) is 4.79 Å². The second-order valence-corrected chi connectivity index (χ2v) is 6.46. The number of nitrogens with one attached hydrogen (secondary N) is 2. The van der Waals surface area contributed by atoms with Gasteiger partial charge in [-0.05, 0) is 24.6 Å². The molecule has 1 atom stereocenters. The Hall–Kier alpha value is -1.76. The van der Waals surface area contributed by atoms with E-state index >= 15 is 0 Å². The Labute approximate surface area is 149 Å². The van der Waals surface area contributed by atoms with Crippen molar-refractivity contribution in [1.82, 2.24) is 15.5 Å². The van der Waals surface area contributed by atoms with E-state index in [1.54, 1.807) is 30.0 Å². The van der Waals surface area contributed by atoms with Gasteiger partial charge in [0.25, 0.3) is 5.91 Å². The molecule has 2 heterocycles. The highest BCUT2D eigenvalue weighted by molar-refractivity contribution is 6.42. The Morgan fingerprint density at radius 1 is 1.25 bits per heavy atom. The highest BCUT2D eigenvalue weighted by atomic mass is 35.5. The van der Waals surface area contributed by atoms with Crippen LogP contribution in [-0.2, 0) is 9.53 Å². The molecule has 1 aromatic carbocycles. The standard InChI is InChI=1S/C16H17Cl2N3O3/c1-9-13(15(22)21-4-6-24-7-5-21)14(20-16(23)19-9)10-2-3-11(17)12(18)8-10/h2-3,8,14H,4-7H2,1H3,(H2,19,20,23). The predicted octanol–water partition coefficient (Wildman–Crippen LogP) is 2.48. The molecule has 8 heteroatoms. The molecule has 128 valence electrons. The van der Waals surface area contributed by atoms with Crippen LogP contribution in [0.5, 0.6) is 0 Å². The van der Waals surface area contributed by atoms with Gasteiger partial charge in [-0.2, -0.15) is 0 Å². The first-order chi connectivity index (χ1) is 11.5. The molecular weight excluding hydrogens is 353 g/mol. The number of allylic oxidation sites excluding steroid dienone is 1. The van der Waals surface area contributed by atoms with Gasteiger partial charge < -0.3 is 20.3 Å². The van der Waals surface area contributed by atoms with Crippen molar-refractivity contribution in [2.24, 2.45) is 0 Å². The molecule has 0 radical (unpaired) electrons. The van der Waals surface area contributed by atoms with Gasteiger partial charge in [-0.25, -0.2) is 4.79 Å². The fraction of sp³-hybridized carbons (Fsp3) is 0.375.